The van der Waals surface area contributed by atoms with Crippen LogP contribution in [0.25, 0.3) is 0 Å². The molecule has 0 radical (unpaired) electrons. The summed E-state index contributed by atoms with van der Waals surface area (Å²) in [6, 6.07) is 7.28. The topological polar surface area (TPSA) is 104 Å². The molecule has 0 spiro atoms. The highest BCUT2D eigenvalue weighted by Crippen LogP contribution is 2.26. The molecule has 0 saturated carbocycles. The van der Waals surface area contributed by atoms with Crippen molar-refractivity contribution >= 4 is 27.5 Å². The van der Waals surface area contributed by atoms with Crippen LogP contribution >= 0.6 is 0 Å². The Bertz CT molecular complexity index is 1020. The van der Waals surface area contributed by atoms with Crippen LogP contribution in [0.4, 0.5) is 5.69 Å². The van der Waals surface area contributed by atoms with E-state index in [0.717, 1.165) is 11.1 Å². The predicted molar refractivity (Wildman–Crippen MR) is 114 cm³/mol. The highest BCUT2D eigenvalue weighted by atomic mass is 32.2. The Balaban J connectivity index is 2.18. The molecule has 0 heterocycles. The standard InChI is InChI=1S/C21H27N3O4S/c1-12-11-13(2)15(4)19(14(12)3)29(27,28)24-16(5)20(25)23-18-9-7-17(8-10-18)21(26)22-6/h7-11,16,24H,1-6H3,(H,22,26)(H,23,25)/t16-/m0/s1. The number of hydrogen-bond donors (Lipinski definition) is 3. The van der Waals surface area contributed by atoms with Crippen LogP contribution in [0.5, 0.6) is 0 Å². The number of hydrogen-bond acceptors (Lipinski definition) is 4. The zero-order chi connectivity index (χ0) is 21.9. The Morgan fingerprint density at radius 3 is 1.93 bits per heavy atom. The first-order chi connectivity index (χ1) is 13.5. The number of benzene rings is 2. The summed E-state index contributed by atoms with van der Waals surface area (Å²) in [5.41, 5.74) is 4.01. The van der Waals surface area contributed by atoms with E-state index in [1.54, 1.807) is 38.1 Å². The molecule has 1 atom stereocenters. The maximum Gasteiger partial charge on any atom is 0.251 e. The van der Waals surface area contributed by atoms with Gasteiger partial charge in [0.05, 0.1) is 10.9 Å². The Labute approximate surface area is 172 Å². The fourth-order valence-corrected chi connectivity index (χ4v) is 4.85. The lowest BCUT2D eigenvalue weighted by atomic mass is 10.0. The van der Waals surface area contributed by atoms with Gasteiger partial charge in [0, 0.05) is 18.3 Å². The van der Waals surface area contributed by atoms with Crippen LogP contribution in [0, 0.1) is 27.7 Å². The van der Waals surface area contributed by atoms with Gasteiger partial charge in [-0.3, -0.25) is 9.59 Å². The van der Waals surface area contributed by atoms with E-state index >= 15 is 0 Å². The number of amides is 2. The van der Waals surface area contributed by atoms with Gasteiger partial charge in [0.15, 0.2) is 0 Å². The Morgan fingerprint density at radius 2 is 1.45 bits per heavy atom. The van der Waals surface area contributed by atoms with Crippen LogP contribution < -0.4 is 15.4 Å². The second-order valence-corrected chi connectivity index (χ2v) is 8.73. The Kier molecular flexibility index (Phi) is 6.81. The molecule has 0 aliphatic rings. The number of carbonyl (C=O) groups is 2. The molecule has 29 heavy (non-hydrogen) atoms. The first-order valence-corrected chi connectivity index (χ1v) is 10.7. The van der Waals surface area contributed by atoms with Crippen molar-refractivity contribution in [3.05, 3.63) is 58.1 Å². The van der Waals surface area contributed by atoms with Crippen molar-refractivity contribution in [3.63, 3.8) is 0 Å². The number of carbonyl (C=O) groups excluding carboxylic acids is 2. The average Bonchev–Trinajstić information content (AvgIpc) is 2.66. The van der Waals surface area contributed by atoms with Crippen molar-refractivity contribution in [3.8, 4) is 0 Å². The summed E-state index contributed by atoms with van der Waals surface area (Å²) < 4.78 is 28.4. The van der Waals surface area contributed by atoms with Crippen LogP contribution in [-0.4, -0.2) is 33.3 Å². The van der Waals surface area contributed by atoms with E-state index < -0.39 is 22.0 Å². The SMILES string of the molecule is CNC(=O)c1ccc(NC(=O)[C@H](C)NS(=O)(=O)c2c(C)c(C)cc(C)c2C)cc1. The molecule has 2 amide bonds. The zero-order valence-corrected chi connectivity index (χ0v) is 18.3. The van der Waals surface area contributed by atoms with Gasteiger partial charge in [-0.25, -0.2) is 8.42 Å². The van der Waals surface area contributed by atoms with Crippen LogP contribution in [-0.2, 0) is 14.8 Å². The summed E-state index contributed by atoms with van der Waals surface area (Å²) in [5, 5.41) is 5.17. The van der Waals surface area contributed by atoms with Gasteiger partial charge in [0.25, 0.3) is 5.91 Å². The number of rotatable bonds is 6. The normalized spacial score (nSPS) is 12.3. The minimum absolute atomic E-state index is 0.213. The third-order valence-corrected chi connectivity index (χ3v) is 6.75. The lowest BCUT2D eigenvalue weighted by Gasteiger charge is -2.19. The fourth-order valence-electron chi connectivity index (χ4n) is 3.03. The smallest absolute Gasteiger partial charge is 0.251 e. The van der Waals surface area contributed by atoms with Crippen LogP contribution in [0.2, 0.25) is 0 Å². The second-order valence-electron chi connectivity index (χ2n) is 7.08. The molecule has 2 rings (SSSR count). The van der Waals surface area contributed by atoms with Gasteiger partial charge in [0.1, 0.15) is 0 Å². The van der Waals surface area contributed by atoms with Gasteiger partial charge in [0.2, 0.25) is 15.9 Å². The first-order valence-electron chi connectivity index (χ1n) is 9.20. The van der Waals surface area contributed by atoms with E-state index in [1.165, 1.54) is 14.0 Å². The van der Waals surface area contributed by atoms with Gasteiger partial charge < -0.3 is 10.6 Å². The maximum atomic E-state index is 13.0. The van der Waals surface area contributed by atoms with Crippen molar-refractivity contribution in [2.24, 2.45) is 0 Å². The summed E-state index contributed by atoms with van der Waals surface area (Å²) in [6.07, 6.45) is 0. The highest BCUT2D eigenvalue weighted by Gasteiger charge is 2.26. The van der Waals surface area contributed by atoms with Crippen LogP contribution in [0.1, 0.15) is 39.5 Å². The second kappa shape index (κ2) is 8.75. The number of sulfonamides is 1. The van der Waals surface area contributed by atoms with E-state index in [-0.39, 0.29) is 10.8 Å². The lowest BCUT2D eigenvalue weighted by molar-refractivity contribution is -0.117. The van der Waals surface area contributed by atoms with Crippen molar-refractivity contribution in [2.45, 2.75) is 45.6 Å². The first kappa shape index (κ1) is 22.6. The molecular formula is C21H27N3O4S. The quantitative estimate of drug-likeness (QED) is 0.672. The molecule has 156 valence electrons. The van der Waals surface area contributed by atoms with Crippen molar-refractivity contribution in [1.29, 1.82) is 0 Å². The molecule has 2 aromatic rings. The van der Waals surface area contributed by atoms with Crippen molar-refractivity contribution in [1.82, 2.24) is 10.0 Å². The number of nitrogens with one attached hydrogen (secondary N) is 3. The largest absolute Gasteiger partial charge is 0.355 e. The molecule has 0 aromatic heterocycles. The molecule has 0 fully saturated rings. The summed E-state index contributed by atoms with van der Waals surface area (Å²) in [4.78, 5) is 24.3. The molecule has 7 nitrogen and oxygen atoms in total. The van der Waals surface area contributed by atoms with E-state index in [1.807, 2.05) is 19.9 Å². The zero-order valence-electron chi connectivity index (χ0n) is 17.5. The third kappa shape index (κ3) is 5.02. The van der Waals surface area contributed by atoms with Gasteiger partial charge >= 0.3 is 0 Å². The minimum Gasteiger partial charge on any atom is -0.355 e. The van der Waals surface area contributed by atoms with Crippen LogP contribution in [0.15, 0.2) is 35.2 Å². The van der Waals surface area contributed by atoms with E-state index in [4.69, 9.17) is 0 Å². The van der Waals surface area contributed by atoms with Crippen molar-refractivity contribution in [2.75, 3.05) is 12.4 Å². The van der Waals surface area contributed by atoms with Gasteiger partial charge in [-0.15, -0.1) is 0 Å². The van der Waals surface area contributed by atoms with Gasteiger partial charge in [-0.05, 0) is 81.1 Å². The average molecular weight is 418 g/mol. The number of anilines is 1. The van der Waals surface area contributed by atoms with E-state index in [9.17, 15) is 18.0 Å². The Hall–Kier alpha value is -2.71. The molecule has 0 saturated heterocycles. The highest BCUT2D eigenvalue weighted by molar-refractivity contribution is 7.89. The summed E-state index contributed by atoms with van der Waals surface area (Å²) >= 11 is 0. The molecule has 0 aliphatic heterocycles. The minimum atomic E-state index is -3.89. The third-order valence-electron chi connectivity index (χ3n) is 4.93. The fraction of sp³-hybridized carbons (Fsp3) is 0.333. The molecular weight excluding hydrogens is 390 g/mol. The maximum absolute atomic E-state index is 13.0. The summed E-state index contributed by atoms with van der Waals surface area (Å²) in [6.45, 7) is 8.72. The summed E-state index contributed by atoms with van der Waals surface area (Å²) in [5.74, 6) is -0.732. The molecule has 0 aliphatic carbocycles. The molecule has 0 bridgehead atoms. The van der Waals surface area contributed by atoms with E-state index in [2.05, 4.69) is 15.4 Å². The monoisotopic (exact) mass is 417 g/mol. The molecule has 8 heteroatoms. The number of aryl methyl sites for hydroxylation is 2. The van der Waals surface area contributed by atoms with Gasteiger partial charge in [-0.1, -0.05) is 6.07 Å². The Morgan fingerprint density at radius 1 is 0.931 bits per heavy atom. The predicted octanol–water partition coefficient (Wildman–Crippen LogP) is 2.59. The molecule has 2 aromatic carbocycles. The van der Waals surface area contributed by atoms with E-state index in [0.29, 0.717) is 22.4 Å². The van der Waals surface area contributed by atoms with Crippen molar-refractivity contribution < 1.29 is 18.0 Å². The summed E-state index contributed by atoms with van der Waals surface area (Å²) in [7, 11) is -2.36. The van der Waals surface area contributed by atoms with Crippen LogP contribution in [0.3, 0.4) is 0 Å². The molecule has 3 N–H and O–H groups in total. The van der Waals surface area contributed by atoms with Gasteiger partial charge in [-0.2, -0.15) is 4.72 Å². The molecule has 0 unspecified atom stereocenters. The lowest BCUT2D eigenvalue weighted by Crippen LogP contribution is -2.42.